The third-order valence-electron chi connectivity index (χ3n) is 6.49. The molecule has 0 radical (unpaired) electrons. The minimum Gasteiger partial charge on any atom is -0.211 e. The maximum atomic E-state index is 10.6. The van der Waals surface area contributed by atoms with Gasteiger partial charge in [-0.1, -0.05) is 60.7 Å². The molecule has 0 fully saturated rings. The molecule has 0 aromatic heterocycles. The van der Waals surface area contributed by atoms with Gasteiger partial charge in [0.1, 0.15) is 0 Å². The SMILES string of the molecule is C1=CC2C=Cc3ccc4ccc5ccc1c1c5c4c3C12.CC(C)(S(=O)(=O)Cl)S(=O)(=O)Cl. The summed E-state index contributed by atoms with van der Waals surface area (Å²) in [6.07, 6.45) is 9.39. The number of rotatable bonds is 2. The van der Waals surface area contributed by atoms with Gasteiger partial charge < -0.3 is 0 Å². The van der Waals surface area contributed by atoms with E-state index in [1.165, 1.54) is 32.7 Å². The highest BCUT2D eigenvalue weighted by Gasteiger charge is 2.45. The smallest absolute Gasteiger partial charge is 0.211 e. The summed E-state index contributed by atoms with van der Waals surface area (Å²) < 4.78 is 40.3. The van der Waals surface area contributed by atoms with Gasteiger partial charge in [0.15, 0.2) is 4.08 Å². The van der Waals surface area contributed by atoms with Crippen LogP contribution in [0.2, 0.25) is 0 Å². The van der Waals surface area contributed by atoms with Gasteiger partial charge in [0.05, 0.1) is 0 Å². The summed E-state index contributed by atoms with van der Waals surface area (Å²) >= 11 is 0. The van der Waals surface area contributed by atoms with E-state index in [1.54, 1.807) is 11.1 Å². The van der Waals surface area contributed by atoms with E-state index in [9.17, 15) is 16.8 Å². The summed E-state index contributed by atoms with van der Waals surface area (Å²) in [6.45, 7) is 1.83. The molecule has 3 aliphatic rings. The van der Waals surface area contributed by atoms with Crippen molar-refractivity contribution in [3.05, 3.63) is 70.8 Å². The molecule has 0 bridgehead atoms. The highest BCUT2D eigenvalue weighted by atomic mass is 35.7. The van der Waals surface area contributed by atoms with Crippen molar-refractivity contribution in [2.24, 2.45) is 5.92 Å². The van der Waals surface area contributed by atoms with Crippen LogP contribution in [-0.2, 0) is 18.1 Å². The molecule has 4 nitrogen and oxygen atoms in total. The van der Waals surface area contributed by atoms with Crippen molar-refractivity contribution in [3.8, 4) is 0 Å². The fourth-order valence-electron chi connectivity index (χ4n) is 4.65. The molecule has 0 saturated heterocycles. The highest BCUT2D eigenvalue weighted by Crippen LogP contribution is 2.55. The Morgan fingerprint density at radius 3 is 1.45 bits per heavy atom. The van der Waals surface area contributed by atoms with E-state index in [0.717, 1.165) is 13.8 Å². The van der Waals surface area contributed by atoms with Crippen molar-refractivity contribution >= 4 is 73.2 Å². The summed E-state index contributed by atoms with van der Waals surface area (Å²) in [5.41, 5.74) is 5.99. The Balaban J connectivity index is 0.000000162. The fourth-order valence-corrected chi connectivity index (χ4v) is 7.38. The molecule has 160 valence electrons. The Bertz CT molecular complexity index is 1450. The molecule has 0 unspecified atom stereocenters. The molecule has 3 aromatic rings. The van der Waals surface area contributed by atoms with Gasteiger partial charge in [-0.3, -0.25) is 0 Å². The molecular formula is C23H18Cl2O4S2. The predicted molar refractivity (Wildman–Crippen MR) is 128 cm³/mol. The lowest BCUT2D eigenvalue weighted by atomic mass is 9.74. The minimum absolute atomic E-state index is 0.540. The summed E-state index contributed by atoms with van der Waals surface area (Å²) in [4.78, 5) is 0. The topological polar surface area (TPSA) is 68.3 Å². The molecule has 3 aromatic carbocycles. The molecule has 0 N–H and O–H groups in total. The van der Waals surface area contributed by atoms with Gasteiger partial charge in [0.25, 0.3) is 18.1 Å². The molecule has 0 heterocycles. The quantitative estimate of drug-likeness (QED) is 0.326. The van der Waals surface area contributed by atoms with Gasteiger partial charge in [0, 0.05) is 33.2 Å². The van der Waals surface area contributed by atoms with Crippen LogP contribution in [0.15, 0.2) is 48.6 Å². The second-order valence-electron chi connectivity index (χ2n) is 8.45. The number of hydrogen-bond acceptors (Lipinski definition) is 4. The Hall–Kier alpha value is -1.86. The van der Waals surface area contributed by atoms with Crippen LogP contribution >= 0.6 is 21.4 Å². The standard InChI is InChI=1S/C20H12.C3H6Cl2O4S2/c1-2-12-5-6-14-9-10-15-8-7-13-4-3-11(1)16-17(12)19(14)20(15)18(13)16;1-3(2,10(4,6)7)11(5,8)9/h1-11,16H;1-2H3. The van der Waals surface area contributed by atoms with Crippen LogP contribution in [0.3, 0.4) is 0 Å². The van der Waals surface area contributed by atoms with Crippen LogP contribution in [0, 0.1) is 5.92 Å². The van der Waals surface area contributed by atoms with E-state index in [2.05, 4.69) is 60.7 Å². The highest BCUT2D eigenvalue weighted by molar-refractivity contribution is 8.29. The number of allylic oxidation sites excluding steroid dienone is 2. The molecule has 0 aliphatic heterocycles. The summed E-state index contributed by atoms with van der Waals surface area (Å²) in [6, 6.07) is 13.7. The van der Waals surface area contributed by atoms with E-state index >= 15 is 0 Å². The van der Waals surface area contributed by atoms with E-state index in [-0.39, 0.29) is 0 Å². The molecule has 0 amide bonds. The average molecular weight is 493 g/mol. The van der Waals surface area contributed by atoms with Gasteiger partial charge in [0.2, 0.25) is 0 Å². The van der Waals surface area contributed by atoms with Crippen LogP contribution in [0.4, 0.5) is 0 Å². The maximum absolute atomic E-state index is 10.6. The third-order valence-corrected chi connectivity index (χ3v) is 13.0. The molecule has 0 atom stereocenters. The molecule has 3 aliphatic carbocycles. The zero-order valence-electron chi connectivity index (χ0n) is 16.6. The first-order valence-electron chi connectivity index (χ1n) is 9.69. The Morgan fingerprint density at radius 1 is 0.710 bits per heavy atom. The molecule has 6 rings (SSSR count). The zero-order valence-corrected chi connectivity index (χ0v) is 19.8. The minimum atomic E-state index is -4.21. The molecular weight excluding hydrogens is 475 g/mol. The van der Waals surface area contributed by atoms with Crippen LogP contribution in [-0.4, -0.2) is 20.9 Å². The van der Waals surface area contributed by atoms with Crippen molar-refractivity contribution in [2.45, 2.75) is 23.8 Å². The van der Waals surface area contributed by atoms with E-state index in [4.69, 9.17) is 21.4 Å². The lowest BCUT2D eigenvalue weighted by Crippen LogP contribution is -2.34. The molecule has 31 heavy (non-hydrogen) atoms. The average Bonchev–Trinajstić information content (AvgIpc) is 3.07. The lowest BCUT2D eigenvalue weighted by molar-refractivity contribution is 0.573. The van der Waals surface area contributed by atoms with Crippen molar-refractivity contribution in [1.29, 1.82) is 0 Å². The largest absolute Gasteiger partial charge is 0.253 e. The van der Waals surface area contributed by atoms with Crippen molar-refractivity contribution in [1.82, 2.24) is 0 Å². The molecule has 0 saturated carbocycles. The van der Waals surface area contributed by atoms with Gasteiger partial charge in [-0.25, -0.2) is 16.8 Å². The van der Waals surface area contributed by atoms with Gasteiger partial charge in [-0.05, 0) is 57.6 Å². The van der Waals surface area contributed by atoms with E-state index < -0.39 is 22.2 Å². The van der Waals surface area contributed by atoms with Gasteiger partial charge >= 0.3 is 0 Å². The number of benzene rings is 3. The van der Waals surface area contributed by atoms with Gasteiger partial charge in [-0.15, -0.1) is 0 Å². The van der Waals surface area contributed by atoms with E-state index in [1.807, 2.05) is 0 Å². The maximum Gasteiger partial charge on any atom is 0.253 e. The third kappa shape index (κ3) is 2.92. The first kappa shape index (κ1) is 21.0. The summed E-state index contributed by atoms with van der Waals surface area (Å²) in [7, 11) is 1.22. The van der Waals surface area contributed by atoms with Crippen molar-refractivity contribution < 1.29 is 16.8 Å². The zero-order chi connectivity index (χ0) is 22.3. The van der Waals surface area contributed by atoms with Crippen LogP contribution in [0.5, 0.6) is 0 Å². The fraction of sp³-hybridized carbons (Fsp3) is 0.217. The van der Waals surface area contributed by atoms with E-state index in [0.29, 0.717) is 11.8 Å². The summed E-state index contributed by atoms with van der Waals surface area (Å²) in [5, 5.41) is 5.82. The summed E-state index contributed by atoms with van der Waals surface area (Å²) in [5.74, 6) is 1.10. The predicted octanol–water partition coefficient (Wildman–Crippen LogP) is 5.97. The van der Waals surface area contributed by atoms with Gasteiger partial charge in [-0.2, -0.15) is 0 Å². The van der Waals surface area contributed by atoms with Crippen LogP contribution < -0.4 is 0 Å². The second-order valence-corrected chi connectivity index (χ2v) is 14.9. The van der Waals surface area contributed by atoms with Crippen LogP contribution in [0.1, 0.15) is 42.0 Å². The number of halogens is 2. The normalized spacial score (nSPS) is 20.5. The second kappa shape index (κ2) is 6.58. The monoisotopic (exact) mass is 492 g/mol. The van der Waals surface area contributed by atoms with Crippen molar-refractivity contribution in [2.75, 3.05) is 0 Å². The van der Waals surface area contributed by atoms with Crippen LogP contribution in [0.25, 0.3) is 33.7 Å². The molecule has 8 heteroatoms. The first-order chi connectivity index (χ1) is 14.4. The Labute approximate surface area is 190 Å². The first-order valence-corrected chi connectivity index (χ1v) is 14.3. The lowest BCUT2D eigenvalue weighted by Gasteiger charge is -2.29. The van der Waals surface area contributed by atoms with Crippen molar-refractivity contribution in [3.63, 3.8) is 0 Å². The number of hydrogen-bond donors (Lipinski definition) is 0. The Morgan fingerprint density at radius 2 is 1.10 bits per heavy atom. The molecule has 0 spiro atoms. The Kier molecular flexibility index (Phi) is 4.46.